The van der Waals surface area contributed by atoms with E-state index in [1.165, 1.54) is 6.07 Å². The van der Waals surface area contributed by atoms with Crippen LogP contribution in [-0.2, 0) is 9.53 Å². The Kier molecular flexibility index (Phi) is 5.95. The molecule has 1 aliphatic heterocycles. The largest absolute Gasteiger partial charge is 0.376 e. The molecule has 2 unspecified atom stereocenters. The molecule has 1 fully saturated rings. The maximum Gasteiger partial charge on any atom is 0.220 e. The Morgan fingerprint density at radius 3 is 2.82 bits per heavy atom. The topological polar surface area (TPSA) is 38.3 Å². The summed E-state index contributed by atoms with van der Waals surface area (Å²) >= 11 is 0. The van der Waals surface area contributed by atoms with Crippen molar-refractivity contribution in [3.8, 4) is 0 Å². The average Bonchev–Trinajstić information content (AvgIpc) is 2.98. The fourth-order valence-electron chi connectivity index (χ4n) is 2.94. The summed E-state index contributed by atoms with van der Waals surface area (Å²) in [6, 6.07) is 5.14. The van der Waals surface area contributed by atoms with Gasteiger partial charge in [-0.05, 0) is 48.8 Å². The van der Waals surface area contributed by atoms with Crippen LogP contribution in [0.15, 0.2) is 18.2 Å². The van der Waals surface area contributed by atoms with Crippen LogP contribution in [-0.4, -0.2) is 25.2 Å². The first-order valence-electron chi connectivity index (χ1n) is 8.11. The van der Waals surface area contributed by atoms with E-state index < -0.39 is 0 Å². The molecule has 0 radical (unpaired) electrons. The molecule has 22 heavy (non-hydrogen) atoms. The molecule has 0 saturated carbocycles. The molecule has 1 amide bonds. The minimum absolute atomic E-state index is 0.0381. The van der Waals surface area contributed by atoms with Gasteiger partial charge in [-0.25, -0.2) is 4.39 Å². The van der Waals surface area contributed by atoms with E-state index in [4.69, 9.17) is 4.74 Å². The smallest absolute Gasteiger partial charge is 0.220 e. The Morgan fingerprint density at radius 2 is 2.23 bits per heavy atom. The van der Waals surface area contributed by atoms with E-state index in [0.29, 0.717) is 24.4 Å². The van der Waals surface area contributed by atoms with Crippen LogP contribution in [0.5, 0.6) is 0 Å². The van der Waals surface area contributed by atoms with Crippen LogP contribution >= 0.6 is 0 Å². The molecule has 1 aromatic carbocycles. The molecule has 1 heterocycles. The normalized spacial score (nSPS) is 19.4. The van der Waals surface area contributed by atoms with E-state index in [0.717, 1.165) is 25.0 Å². The molecule has 1 saturated heterocycles. The Morgan fingerprint density at radius 1 is 1.45 bits per heavy atom. The van der Waals surface area contributed by atoms with E-state index >= 15 is 0 Å². The number of aryl methyl sites for hydroxylation is 1. The standard InChI is InChI=1S/C18H26FNO2/c1-12(2)16(14-6-7-17(19)13(3)9-14)10-18(21)20-11-15-5-4-8-22-15/h6-7,9,12,15-16H,4-5,8,10-11H2,1-3H3,(H,20,21). The number of amides is 1. The first kappa shape index (κ1) is 16.9. The average molecular weight is 307 g/mol. The number of hydrogen-bond acceptors (Lipinski definition) is 2. The van der Waals surface area contributed by atoms with Gasteiger partial charge in [-0.1, -0.05) is 26.0 Å². The van der Waals surface area contributed by atoms with Gasteiger partial charge >= 0.3 is 0 Å². The number of hydrogen-bond donors (Lipinski definition) is 1. The molecular weight excluding hydrogens is 281 g/mol. The van der Waals surface area contributed by atoms with Crippen molar-refractivity contribution >= 4 is 5.91 Å². The van der Waals surface area contributed by atoms with E-state index in [1.54, 1.807) is 13.0 Å². The van der Waals surface area contributed by atoms with Gasteiger partial charge in [0.15, 0.2) is 0 Å². The number of carbonyl (C=O) groups is 1. The van der Waals surface area contributed by atoms with Crippen molar-refractivity contribution < 1.29 is 13.9 Å². The molecule has 0 aromatic heterocycles. The number of rotatable bonds is 6. The zero-order valence-corrected chi connectivity index (χ0v) is 13.7. The first-order valence-corrected chi connectivity index (χ1v) is 8.11. The third-order valence-electron chi connectivity index (χ3n) is 4.37. The van der Waals surface area contributed by atoms with E-state index in [2.05, 4.69) is 19.2 Å². The van der Waals surface area contributed by atoms with Gasteiger partial charge < -0.3 is 10.1 Å². The van der Waals surface area contributed by atoms with Gasteiger partial charge in [0.1, 0.15) is 5.82 Å². The molecule has 1 aliphatic rings. The maximum absolute atomic E-state index is 13.4. The van der Waals surface area contributed by atoms with E-state index in [-0.39, 0.29) is 23.7 Å². The summed E-state index contributed by atoms with van der Waals surface area (Å²) in [5, 5.41) is 2.97. The van der Waals surface area contributed by atoms with Crippen molar-refractivity contribution in [2.24, 2.45) is 5.92 Å². The van der Waals surface area contributed by atoms with Crippen LogP contribution in [0.4, 0.5) is 4.39 Å². The predicted molar refractivity (Wildman–Crippen MR) is 85.3 cm³/mol. The molecule has 4 heteroatoms. The number of halogens is 1. The molecule has 0 aliphatic carbocycles. The fraction of sp³-hybridized carbons (Fsp3) is 0.611. The second-order valence-corrected chi connectivity index (χ2v) is 6.50. The molecule has 2 rings (SSSR count). The first-order chi connectivity index (χ1) is 10.5. The van der Waals surface area contributed by atoms with Crippen LogP contribution in [0.3, 0.4) is 0 Å². The molecule has 0 spiro atoms. The highest BCUT2D eigenvalue weighted by atomic mass is 19.1. The Balaban J connectivity index is 1.95. The van der Waals surface area contributed by atoms with E-state index in [9.17, 15) is 9.18 Å². The monoisotopic (exact) mass is 307 g/mol. The van der Waals surface area contributed by atoms with Gasteiger partial charge in [-0.2, -0.15) is 0 Å². The summed E-state index contributed by atoms with van der Waals surface area (Å²) < 4.78 is 18.9. The predicted octanol–water partition coefficient (Wildman–Crippen LogP) is 3.56. The van der Waals surface area contributed by atoms with Crippen molar-refractivity contribution in [2.45, 2.75) is 52.1 Å². The van der Waals surface area contributed by atoms with Crippen molar-refractivity contribution in [3.05, 3.63) is 35.1 Å². The van der Waals surface area contributed by atoms with Crippen LogP contribution in [0, 0.1) is 18.7 Å². The molecule has 3 nitrogen and oxygen atoms in total. The maximum atomic E-state index is 13.4. The molecule has 122 valence electrons. The van der Waals surface area contributed by atoms with Crippen LogP contribution in [0.25, 0.3) is 0 Å². The summed E-state index contributed by atoms with van der Waals surface area (Å²) in [6.45, 7) is 7.33. The second-order valence-electron chi connectivity index (χ2n) is 6.50. The fourth-order valence-corrected chi connectivity index (χ4v) is 2.94. The zero-order valence-electron chi connectivity index (χ0n) is 13.7. The highest BCUT2D eigenvalue weighted by molar-refractivity contribution is 5.77. The quantitative estimate of drug-likeness (QED) is 0.872. The lowest BCUT2D eigenvalue weighted by atomic mass is 9.85. The summed E-state index contributed by atoms with van der Waals surface area (Å²) in [7, 11) is 0. The second kappa shape index (κ2) is 7.73. The minimum atomic E-state index is -0.200. The Labute approximate surface area is 132 Å². The van der Waals surface area contributed by atoms with Crippen LogP contribution in [0.2, 0.25) is 0 Å². The molecule has 1 N–H and O–H groups in total. The Hall–Kier alpha value is -1.42. The highest BCUT2D eigenvalue weighted by Crippen LogP contribution is 2.29. The lowest BCUT2D eigenvalue weighted by Crippen LogP contribution is -2.33. The van der Waals surface area contributed by atoms with Gasteiger partial charge in [0, 0.05) is 19.6 Å². The van der Waals surface area contributed by atoms with Crippen LogP contribution in [0.1, 0.15) is 50.2 Å². The molecule has 0 bridgehead atoms. The number of carbonyl (C=O) groups excluding carboxylic acids is 1. The lowest BCUT2D eigenvalue weighted by molar-refractivity contribution is -0.122. The van der Waals surface area contributed by atoms with Gasteiger partial charge in [-0.3, -0.25) is 4.79 Å². The van der Waals surface area contributed by atoms with E-state index in [1.807, 2.05) is 6.07 Å². The summed E-state index contributed by atoms with van der Waals surface area (Å²) in [4.78, 5) is 12.2. The van der Waals surface area contributed by atoms with Gasteiger partial charge in [0.05, 0.1) is 6.10 Å². The highest BCUT2D eigenvalue weighted by Gasteiger charge is 2.22. The molecule has 2 atom stereocenters. The summed E-state index contributed by atoms with van der Waals surface area (Å²) in [5.41, 5.74) is 1.66. The van der Waals surface area contributed by atoms with Crippen molar-refractivity contribution in [2.75, 3.05) is 13.2 Å². The SMILES string of the molecule is Cc1cc(C(CC(=O)NCC2CCCO2)C(C)C)ccc1F. The van der Waals surface area contributed by atoms with Crippen molar-refractivity contribution in [1.29, 1.82) is 0 Å². The number of nitrogens with one attached hydrogen (secondary N) is 1. The van der Waals surface area contributed by atoms with Crippen molar-refractivity contribution in [3.63, 3.8) is 0 Å². The minimum Gasteiger partial charge on any atom is -0.376 e. The molecular formula is C18H26FNO2. The van der Waals surface area contributed by atoms with Gasteiger partial charge in [0.2, 0.25) is 5.91 Å². The number of ether oxygens (including phenoxy) is 1. The molecule has 1 aromatic rings. The zero-order chi connectivity index (χ0) is 16.1. The Bertz CT molecular complexity index is 510. The third kappa shape index (κ3) is 4.54. The van der Waals surface area contributed by atoms with Gasteiger partial charge in [-0.15, -0.1) is 0 Å². The van der Waals surface area contributed by atoms with Crippen LogP contribution < -0.4 is 5.32 Å². The number of benzene rings is 1. The lowest BCUT2D eigenvalue weighted by Gasteiger charge is -2.22. The summed E-state index contributed by atoms with van der Waals surface area (Å²) in [5.74, 6) is 0.257. The third-order valence-corrected chi connectivity index (χ3v) is 4.37. The van der Waals surface area contributed by atoms with Crippen molar-refractivity contribution in [1.82, 2.24) is 5.32 Å². The van der Waals surface area contributed by atoms with Gasteiger partial charge in [0.25, 0.3) is 0 Å². The summed E-state index contributed by atoms with van der Waals surface area (Å²) in [6.07, 6.45) is 2.68.